The summed E-state index contributed by atoms with van der Waals surface area (Å²) in [7, 11) is 5.25. The zero-order chi connectivity index (χ0) is 35.8. The number of piperazine rings is 1. The highest BCUT2D eigenvalue weighted by atomic mass is 35.5. The Kier molecular flexibility index (Phi) is 15.4. The van der Waals surface area contributed by atoms with Crippen LogP contribution in [0.1, 0.15) is 52.5 Å². The fourth-order valence-electron chi connectivity index (χ4n) is 6.00. The summed E-state index contributed by atoms with van der Waals surface area (Å²) in [5.41, 5.74) is 3.62. The van der Waals surface area contributed by atoms with Gasteiger partial charge in [0.25, 0.3) is 11.8 Å². The zero-order valence-corrected chi connectivity index (χ0v) is 31.7. The number of benzene rings is 3. The third-order valence-electron chi connectivity index (χ3n) is 8.85. The minimum absolute atomic E-state index is 0. The maximum atomic E-state index is 13.7. The number of likely N-dealkylation sites (N-methyl/N-ethyl adjacent to an activating group) is 1. The Balaban J connectivity index is 0.00000364. The average Bonchev–Trinajstić information content (AvgIpc) is 3.52. The topological polar surface area (TPSA) is 149 Å². The summed E-state index contributed by atoms with van der Waals surface area (Å²) in [6.07, 6.45) is 3.47. The molecule has 0 radical (unpaired) electrons. The predicted octanol–water partition coefficient (Wildman–Crippen LogP) is 5.57. The summed E-state index contributed by atoms with van der Waals surface area (Å²) in [5, 5.41) is 5.44. The van der Waals surface area contributed by atoms with Crippen LogP contribution in [-0.2, 0) is 9.59 Å². The Morgan fingerprint density at radius 2 is 1.75 bits per heavy atom. The van der Waals surface area contributed by atoms with Gasteiger partial charge in [0.1, 0.15) is 23.3 Å². The number of amides is 3. The highest BCUT2D eigenvalue weighted by Crippen LogP contribution is 2.32. The number of nitrogens with one attached hydrogen (secondary N) is 3. The summed E-state index contributed by atoms with van der Waals surface area (Å²) < 4.78 is 11.8. The van der Waals surface area contributed by atoms with E-state index in [0.717, 1.165) is 57.3 Å². The number of unbranched alkanes of at least 4 members (excludes halogenated alkanes) is 1. The molecule has 0 spiro atoms. The van der Waals surface area contributed by atoms with Crippen LogP contribution in [0.2, 0.25) is 0 Å². The van der Waals surface area contributed by atoms with Crippen molar-refractivity contribution in [3.05, 3.63) is 71.3 Å². The lowest BCUT2D eigenvalue weighted by Crippen LogP contribution is -2.49. The van der Waals surface area contributed by atoms with Crippen molar-refractivity contribution in [3.8, 4) is 11.5 Å². The van der Waals surface area contributed by atoms with Crippen molar-refractivity contribution in [3.63, 3.8) is 0 Å². The first kappa shape index (κ1) is 41.7. The van der Waals surface area contributed by atoms with Gasteiger partial charge in [0.05, 0.1) is 42.2 Å². The van der Waals surface area contributed by atoms with Crippen LogP contribution < -0.4 is 25.0 Å². The van der Waals surface area contributed by atoms with Gasteiger partial charge in [0.15, 0.2) is 0 Å². The number of aryl methyl sites for hydroxylation is 1. The van der Waals surface area contributed by atoms with Crippen molar-refractivity contribution in [2.45, 2.75) is 39.2 Å². The van der Waals surface area contributed by atoms with E-state index in [1.54, 1.807) is 43.4 Å². The summed E-state index contributed by atoms with van der Waals surface area (Å²) in [4.78, 5) is 63.7. The molecule has 1 fully saturated rings. The van der Waals surface area contributed by atoms with E-state index in [4.69, 9.17) is 9.47 Å². The summed E-state index contributed by atoms with van der Waals surface area (Å²) in [5.74, 6) is 0.122. The summed E-state index contributed by atoms with van der Waals surface area (Å²) >= 11 is 0. The number of nitrogens with zero attached hydrogens (tertiary/aromatic N) is 4. The van der Waals surface area contributed by atoms with Crippen LogP contribution in [0.3, 0.4) is 0 Å². The van der Waals surface area contributed by atoms with Gasteiger partial charge in [-0.2, -0.15) is 0 Å². The number of anilines is 3. The molecule has 2 heterocycles. The number of hydrogen-bond donors (Lipinski definition) is 3. The molecular weight excluding hydrogens is 709 g/mol. The molecule has 1 atom stereocenters. The molecule has 1 unspecified atom stereocenters. The largest absolute Gasteiger partial charge is 0.495 e. The van der Waals surface area contributed by atoms with Crippen LogP contribution in [0.15, 0.2) is 54.6 Å². The molecule has 1 aliphatic rings. The molecule has 1 saturated heterocycles. The molecule has 0 saturated carbocycles. The van der Waals surface area contributed by atoms with Crippen LogP contribution >= 0.6 is 24.8 Å². The van der Waals surface area contributed by atoms with Gasteiger partial charge in [0.2, 0.25) is 11.9 Å². The van der Waals surface area contributed by atoms with Crippen LogP contribution in [-0.4, -0.2) is 104 Å². The second-order valence-electron chi connectivity index (χ2n) is 12.6. The molecule has 4 aromatic rings. The SMILES string of the molecule is COc1cc(C(=O)N(C)c2ccc(C)cc2OCCCCC(C=O)N2CCN(C)CC2)ccc1NC(=O)c1cccc2[nH]c(NC(C)=O)nc12.Cl.Cl. The highest BCUT2D eigenvalue weighted by Gasteiger charge is 2.23. The molecule has 13 nitrogen and oxygen atoms in total. The number of carbonyl (C=O) groups is 4. The van der Waals surface area contributed by atoms with Gasteiger partial charge >= 0.3 is 0 Å². The highest BCUT2D eigenvalue weighted by molar-refractivity contribution is 6.13. The second-order valence-corrected chi connectivity index (χ2v) is 12.6. The lowest BCUT2D eigenvalue weighted by atomic mass is 10.1. The quantitative estimate of drug-likeness (QED) is 0.111. The number of aromatic amines is 1. The number of imidazole rings is 1. The maximum absolute atomic E-state index is 13.7. The molecule has 15 heteroatoms. The first-order chi connectivity index (χ1) is 24.1. The van der Waals surface area contributed by atoms with Crippen molar-refractivity contribution < 1.29 is 28.7 Å². The van der Waals surface area contributed by atoms with E-state index in [9.17, 15) is 19.2 Å². The Morgan fingerprint density at radius 3 is 2.44 bits per heavy atom. The lowest BCUT2D eigenvalue weighted by Gasteiger charge is -2.35. The van der Waals surface area contributed by atoms with Gasteiger partial charge in [-0.15, -0.1) is 24.8 Å². The Hall–Kier alpha value is -4.69. The molecule has 0 aliphatic carbocycles. The molecule has 1 aromatic heterocycles. The Bertz CT molecular complexity index is 1860. The molecular formula is C37H47Cl2N7O6. The van der Waals surface area contributed by atoms with E-state index >= 15 is 0 Å². The van der Waals surface area contributed by atoms with Gasteiger partial charge in [0, 0.05) is 45.7 Å². The number of rotatable bonds is 14. The van der Waals surface area contributed by atoms with E-state index in [0.29, 0.717) is 51.6 Å². The van der Waals surface area contributed by atoms with E-state index < -0.39 is 5.91 Å². The molecule has 280 valence electrons. The van der Waals surface area contributed by atoms with Crippen LogP contribution in [0.5, 0.6) is 11.5 Å². The van der Waals surface area contributed by atoms with Crippen molar-refractivity contribution in [2.75, 3.05) is 69.5 Å². The standard InChI is InChI=1S/C37H45N7O6.2ClH/c1-24-12-15-31(33(21-24)50-20-7-6-9-27(23-45)44-18-16-42(3)17-19-44)43(4)36(48)26-13-14-29(32(22-26)49-5)39-35(47)28-10-8-11-30-34(28)41-37(40-30)38-25(2)46;;/h8,10-15,21-23,27H,6-7,9,16-20H2,1-5H3,(H,39,47)(H2,38,40,41,46);2*1H. The van der Waals surface area contributed by atoms with Crippen molar-refractivity contribution in [1.82, 2.24) is 19.8 Å². The maximum Gasteiger partial charge on any atom is 0.258 e. The fourth-order valence-corrected chi connectivity index (χ4v) is 6.00. The van der Waals surface area contributed by atoms with E-state index in [2.05, 4.69) is 37.4 Å². The monoisotopic (exact) mass is 755 g/mol. The van der Waals surface area contributed by atoms with E-state index in [1.807, 2.05) is 25.1 Å². The number of fused-ring (bicyclic) bond motifs is 1. The number of methoxy groups -OCH3 is 1. The van der Waals surface area contributed by atoms with Crippen molar-refractivity contribution in [1.29, 1.82) is 0 Å². The third kappa shape index (κ3) is 10.2. The zero-order valence-electron chi connectivity index (χ0n) is 30.1. The first-order valence-electron chi connectivity index (χ1n) is 16.7. The number of H-pyrrole nitrogens is 1. The minimum Gasteiger partial charge on any atom is -0.495 e. The summed E-state index contributed by atoms with van der Waals surface area (Å²) in [6, 6.07) is 15.5. The number of hydrogen-bond acceptors (Lipinski definition) is 9. The minimum atomic E-state index is -0.437. The molecule has 1 aliphatic heterocycles. The predicted molar refractivity (Wildman–Crippen MR) is 208 cm³/mol. The Labute approximate surface area is 316 Å². The number of aromatic nitrogens is 2. The van der Waals surface area contributed by atoms with Gasteiger partial charge < -0.3 is 34.4 Å². The summed E-state index contributed by atoms with van der Waals surface area (Å²) in [6.45, 7) is 7.53. The molecule has 5 rings (SSSR count). The lowest BCUT2D eigenvalue weighted by molar-refractivity contribution is -0.114. The van der Waals surface area contributed by atoms with E-state index in [1.165, 1.54) is 18.9 Å². The molecule has 3 N–H and O–H groups in total. The molecule has 0 bridgehead atoms. The average molecular weight is 757 g/mol. The number of para-hydroxylation sites is 1. The van der Waals surface area contributed by atoms with Crippen LogP contribution in [0.4, 0.5) is 17.3 Å². The second kappa shape index (κ2) is 19.2. The first-order valence-corrected chi connectivity index (χ1v) is 16.7. The third-order valence-corrected chi connectivity index (χ3v) is 8.85. The number of carbonyl (C=O) groups excluding carboxylic acids is 4. The van der Waals surface area contributed by atoms with Crippen LogP contribution in [0.25, 0.3) is 11.0 Å². The van der Waals surface area contributed by atoms with Gasteiger partial charge in [-0.25, -0.2) is 4.98 Å². The van der Waals surface area contributed by atoms with Crippen LogP contribution in [0, 0.1) is 6.92 Å². The number of halogens is 2. The van der Waals surface area contributed by atoms with Crippen molar-refractivity contribution >= 4 is 77.2 Å². The van der Waals surface area contributed by atoms with Gasteiger partial charge in [-0.05, 0) is 81.3 Å². The number of aldehydes is 1. The Morgan fingerprint density at radius 1 is 1.00 bits per heavy atom. The van der Waals surface area contributed by atoms with Crippen molar-refractivity contribution in [2.24, 2.45) is 0 Å². The van der Waals surface area contributed by atoms with Gasteiger partial charge in [-0.1, -0.05) is 12.1 Å². The normalized spacial score (nSPS) is 13.6. The molecule has 3 aromatic carbocycles. The van der Waals surface area contributed by atoms with E-state index in [-0.39, 0.29) is 48.6 Å². The fraction of sp³-hybridized carbons (Fsp3) is 0.378. The molecule has 3 amide bonds. The molecule has 52 heavy (non-hydrogen) atoms. The smallest absolute Gasteiger partial charge is 0.258 e. The van der Waals surface area contributed by atoms with Gasteiger partial charge in [-0.3, -0.25) is 24.6 Å². The number of ether oxygens (including phenoxy) is 2.